The lowest BCUT2D eigenvalue weighted by Crippen LogP contribution is -2.38. The molecule has 1 aromatic carbocycles. The molecule has 0 bridgehead atoms. The molecular weight excluding hydrogens is 332 g/mol. The fourth-order valence-corrected chi connectivity index (χ4v) is 4.03. The van der Waals surface area contributed by atoms with Gasteiger partial charge in [-0.25, -0.2) is 0 Å². The minimum Gasteiger partial charge on any atom is -0.404 e. The van der Waals surface area contributed by atoms with Gasteiger partial charge in [0.15, 0.2) is 0 Å². The Morgan fingerprint density at radius 2 is 1.96 bits per heavy atom. The highest BCUT2D eigenvalue weighted by Gasteiger charge is 2.26. The molecule has 27 heavy (non-hydrogen) atoms. The van der Waals surface area contributed by atoms with Crippen LogP contribution in [0.2, 0.25) is 0 Å². The molecule has 5 N–H and O–H groups in total. The summed E-state index contributed by atoms with van der Waals surface area (Å²) in [6.45, 7) is 6.88. The molecule has 1 aliphatic carbocycles. The van der Waals surface area contributed by atoms with Crippen molar-refractivity contribution >= 4 is 23.5 Å². The lowest BCUT2D eigenvalue weighted by atomic mass is 9.96. The van der Waals surface area contributed by atoms with Gasteiger partial charge < -0.3 is 21.7 Å². The monoisotopic (exact) mass is 362 g/mol. The largest absolute Gasteiger partial charge is 0.404 e. The van der Waals surface area contributed by atoms with Crippen molar-refractivity contribution < 1.29 is 0 Å². The molecule has 0 amide bonds. The van der Waals surface area contributed by atoms with Crippen molar-refractivity contribution in [3.05, 3.63) is 58.6 Å². The van der Waals surface area contributed by atoms with Crippen LogP contribution in [0.1, 0.15) is 31.2 Å². The maximum atomic E-state index is 6.02. The highest BCUT2D eigenvalue weighted by Crippen LogP contribution is 2.38. The van der Waals surface area contributed by atoms with Gasteiger partial charge in [0.25, 0.3) is 0 Å². The molecule has 2 fully saturated rings. The molecule has 0 radical (unpaired) electrons. The molecule has 1 saturated carbocycles. The number of nitrogens with one attached hydrogen (secondary N) is 3. The van der Waals surface area contributed by atoms with Crippen LogP contribution in [0.25, 0.3) is 17.8 Å². The van der Waals surface area contributed by atoms with E-state index in [0.29, 0.717) is 6.04 Å². The second-order valence-electron chi connectivity index (χ2n) is 7.73. The van der Waals surface area contributed by atoms with Crippen LogP contribution >= 0.6 is 0 Å². The quantitative estimate of drug-likeness (QED) is 0.645. The van der Waals surface area contributed by atoms with Gasteiger partial charge in [-0.1, -0.05) is 24.8 Å². The zero-order valence-corrected chi connectivity index (χ0v) is 15.9. The van der Waals surface area contributed by atoms with E-state index in [2.05, 4.69) is 46.9 Å². The van der Waals surface area contributed by atoms with E-state index in [9.17, 15) is 0 Å². The van der Waals surface area contributed by atoms with Gasteiger partial charge in [0.1, 0.15) is 0 Å². The summed E-state index contributed by atoms with van der Waals surface area (Å²) in [5, 5.41) is 12.8. The number of rotatable bonds is 5. The Bertz CT molecular complexity index is 884. The fourth-order valence-electron chi connectivity index (χ4n) is 4.03. The van der Waals surface area contributed by atoms with Crippen molar-refractivity contribution in [3.8, 4) is 0 Å². The minimum absolute atomic E-state index is 0.483. The third-order valence-corrected chi connectivity index (χ3v) is 5.70. The molecule has 2 heterocycles. The molecule has 0 aromatic heterocycles. The number of nitrogens with two attached hydrogens (primary N) is 1. The Morgan fingerprint density at radius 3 is 2.67 bits per heavy atom. The Hall–Kier alpha value is -2.46. The van der Waals surface area contributed by atoms with E-state index < -0.39 is 0 Å². The first-order valence-corrected chi connectivity index (χ1v) is 10.1. The van der Waals surface area contributed by atoms with Crippen molar-refractivity contribution in [1.29, 1.82) is 0 Å². The zero-order valence-electron chi connectivity index (χ0n) is 15.9. The van der Waals surface area contributed by atoms with Crippen molar-refractivity contribution in [2.24, 2.45) is 11.7 Å². The van der Waals surface area contributed by atoms with E-state index in [-0.39, 0.29) is 0 Å². The van der Waals surface area contributed by atoms with Crippen molar-refractivity contribution in [3.63, 3.8) is 0 Å². The van der Waals surface area contributed by atoms with Gasteiger partial charge in [0.2, 0.25) is 0 Å². The molecule has 2 aliphatic heterocycles. The average Bonchev–Trinajstić information content (AvgIpc) is 3.54. The molecule has 1 aromatic rings. The second-order valence-corrected chi connectivity index (χ2v) is 7.73. The second kappa shape index (κ2) is 8.05. The summed E-state index contributed by atoms with van der Waals surface area (Å²) in [5.41, 5.74) is 11.2. The topological polar surface area (TPSA) is 62.1 Å². The molecular formula is C23H30N4. The van der Waals surface area contributed by atoms with Gasteiger partial charge in [0, 0.05) is 35.9 Å². The number of benzene rings is 1. The van der Waals surface area contributed by atoms with Crippen LogP contribution < -0.4 is 32.1 Å². The summed E-state index contributed by atoms with van der Waals surface area (Å²) in [6.07, 6.45) is 15.1. The van der Waals surface area contributed by atoms with Gasteiger partial charge in [-0.3, -0.25) is 0 Å². The van der Waals surface area contributed by atoms with E-state index >= 15 is 0 Å². The summed E-state index contributed by atoms with van der Waals surface area (Å²) in [4.78, 5) is 0. The van der Waals surface area contributed by atoms with Crippen molar-refractivity contribution in [2.75, 3.05) is 25.0 Å². The Labute approximate surface area is 161 Å². The Kier molecular flexibility index (Phi) is 5.35. The predicted octanol–water partition coefficient (Wildman–Crippen LogP) is 1.79. The normalized spacial score (nSPS) is 22.1. The first-order chi connectivity index (χ1) is 13.3. The van der Waals surface area contributed by atoms with E-state index in [1.54, 1.807) is 6.20 Å². The molecule has 1 saturated heterocycles. The van der Waals surface area contributed by atoms with E-state index in [1.165, 1.54) is 29.6 Å². The molecule has 0 unspecified atom stereocenters. The molecule has 0 atom stereocenters. The first kappa shape index (κ1) is 17.9. The van der Waals surface area contributed by atoms with Crippen molar-refractivity contribution in [1.82, 2.24) is 10.6 Å². The minimum atomic E-state index is 0.483. The Morgan fingerprint density at radius 1 is 1.15 bits per heavy atom. The smallest absolute Gasteiger partial charge is 0.0442 e. The molecule has 4 rings (SSSR count). The van der Waals surface area contributed by atoms with Gasteiger partial charge >= 0.3 is 0 Å². The third kappa shape index (κ3) is 4.11. The fraction of sp³-hybridized carbons (Fsp3) is 0.391. The summed E-state index contributed by atoms with van der Waals surface area (Å²) in [5.74, 6) is 0.746. The van der Waals surface area contributed by atoms with Gasteiger partial charge in [0.05, 0.1) is 0 Å². The van der Waals surface area contributed by atoms with E-state index in [0.717, 1.165) is 54.5 Å². The van der Waals surface area contributed by atoms with E-state index in [1.807, 2.05) is 12.2 Å². The van der Waals surface area contributed by atoms with Crippen LogP contribution in [0.4, 0.5) is 5.69 Å². The molecule has 4 nitrogen and oxygen atoms in total. The predicted molar refractivity (Wildman–Crippen MR) is 115 cm³/mol. The number of hydrogen-bond acceptors (Lipinski definition) is 4. The van der Waals surface area contributed by atoms with Gasteiger partial charge in [-0.05, 0) is 78.8 Å². The van der Waals surface area contributed by atoms with Crippen LogP contribution in [0.3, 0.4) is 0 Å². The van der Waals surface area contributed by atoms with Crippen LogP contribution in [-0.4, -0.2) is 25.7 Å². The lowest BCUT2D eigenvalue weighted by molar-refractivity contribution is 0.479. The average molecular weight is 363 g/mol. The van der Waals surface area contributed by atoms with Crippen molar-refractivity contribution in [2.45, 2.75) is 31.7 Å². The number of anilines is 1. The molecule has 142 valence electrons. The molecule has 4 heteroatoms. The highest BCUT2D eigenvalue weighted by molar-refractivity contribution is 5.74. The maximum Gasteiger partial charge on any atom is 0.0442 e. The number of dihydropyridines is 1. The van der Waals surface area contributed by atoms with Crippen LogP contribution in [-0.2, 0) is 0 Å². The maximum absolute atomic E-state index is 6.02. The number of hydrogen-bond donors (Lipinski definition) is 4. The van der Waals surface area contributed by atoms with Crippen LogP contribution in [0.5, 0.6) is 0 Å². The standard InChI is InChI=1S/C23H30N4/c1-2-3-17-10-18(20-11-19(14-26-15-20)16-4-5-16)12-23(22(17)13-24)27-21-6-8-25-9-7-21/h2-3,10-14,16,21,25-27H,1,4-9,15,24H2/b17-3-,22-13+. The highest BCUT2D eigenvalue weighted by atomic mass is 15.0. The first-order valence-electron chi connectivity index (χ1n) is 10.1. The summed E-state index contributed by atoms with van der Waals surface area (Å²) in [7, 11) is 0. The van der Waals surface area contributed by atoms with E-state index in [4.69, 9.17) is 5.73 Å². The molecule has 0 spiro atoms. The number of allylic oxidation sites excluding steroid dienone is 3. The molecule has 3 aliphatic rings. The van der Waals surface area contributed by atoms with Crippen LogP contribution in [0, 0.1) is 5.92 Å². The summed E-state index contributed by atoms with van der Waals surface area (Å²) < 4.78 is 0. The number of piperidine rings is 1. The summed E-state index contributed by atoms with van der Waals surface area (Å²) >= 11 is 0. The van der Waals surface area contributed by atoms with Gasteiger partial charge in [-0.2, -0.15) is 0 Å². The lowest BCUT2D eigenvalue weighted by Gasteiger charge is -2.25. The SMILES string of the molecule is C=C/C=c1/cc(C2=CC(C3CC3)=CNC2)cc(NC2CCNCC2)/c1=C/N. The summed E-state index contributed by atoms with van der Waals surface area (Å²) in [6, 6.07) is 4.99. The van der Waals surface area contributed by atoms with Gasteiger partial charge in [-0.15, -0.1) is 0 Å². The Balaban J connectivity index is 1.74. The third-order valence-electron chi connectivity index (χ3n) is 5.70. The zero-order chi connectivity index (χ0) is 18.6. The van der Waals surface area contributed by atoms with Crippen LogP contribution in [0.15, 0.2) is 42.6 Å².